The minimum atomic E-state index is -0.133. The lowest BCUT2D eigenvalue weighted by Crippen LogP contribution is -2.31. The largest absolute Gasteiger partial charge is 0.426 e. The number of benzene rings is 1. The molecule has 6 nitrogen and oxygen atoms in total. The molecular weight excluding hydrogens is 382 g/mol. The summed E-state index contributed by atoms with van der Waals surface area (Å²) in [6.07, 6.45) is 9.27. The summed E-state index contributed by atoms with van der Waals surface area (Å²) >= 11 is 0. The number of carbonyl (C=O) groups excluding carboxylic acids is 1. The van der Waals surface area contributed by atoms with E-state index in [0.29, 0.717) is 42.8 Å². The summed E-state index contributed by atoms with van der Waals surface area (Å²) in [6, 6.07) is 8.79. The standard InChI is InChI=1S/C24H31NO5/c25-13-17-1-9-22(10-2-17)30-24(26)20-5-3-18(4-6-20)19-7-11-21(12-8-19)29-16-27-14-23-15-28-23/h1-2,9-10,18-21,23H,3-8,11-12,14-16H2. The van der Waals surface area contributed by atoms with E-state index in [1.807, 2.05) is 0 Å². The number of hydrogen-bond acceptors (Lipinski definition) is 6. The van der Waals surface area contributed by atoms with Crippen molar-refractivity contribution < 1.29 is 23.7 Å². The van der Waals surface area contributed by atoms with E-state index in [2.05, 4.69) is 6.07 Å². The summed E-state index contributed by atoms with van der Waals surface area (Å²) in [4.78, 5) is 12.5. The van der Waals surface area contributed by atoms with E-state index in [1.54, 1.807) is 24.3 Å². The summed E-state index contributed by atoms with van der Waals surface area (Å²) in [7, 11) is 0. The molecule has 4 rings (SSSR count). The Morgan fingerprint density at radius 1 is 1.00 bits per heavy atom. The Morgan fingerprint density at radius 2 is 1.63 bits per heavy atom. The molecule has 0 aromatic heterocycles. The molecule has 162 valence electrons. The third kappa shape index (κ3) is 6.04. The molecule has 0 radical (unpaired) electrons. The van der Waals surface area contributed by atoms with Gasteiger partial charge in [0.25, 0.3) is 0 Å². The highest BCUT2D eigenvalue weighted by Gasteiger charge is 2.34. The van der Waals surface area contributed by atoms with Gasteiger partial charge in [-0.1, -0.05) is 0 Å². The molecule has 1 aliphatic heterocycles. The number of carbonyl (C=O) groups is 1. The van der Waals surface area contributed by atoms with Crippen molar-refractivity contribution >= 4 is 5.97 Å². The number of nitrogens with zero attached hydrogens (tertiary/aromatic N) is 1. The zero-order valence-electron chi connectivity index (χ0n) is 17.5. The van der Waals surface area contributed by atoms with Gasteiger partial charge in [0.15, 0.2) is 0 Å². The monoisotopic (exact) mass is 413 g/mol. The molecular formula is C24H31NO5. The number of esters is 1. The second-order valence-electron chi connectivity index (χ2n) is 8.82. The Labute approximate surface area is 178 Å². The van der Waals surface area contributed by atoms with E-state index in [9.17, 15) is 4.79 Å². The van der Waals surface area contributed by atoms with Crippen LogP contribution in [0.25, 0.3) is 0 Å². The van der Waals surface area contributed by atoms with Crippen LogP contribution in [0.3, 0.4) is 0 Å². The predicted octanol–water partition coefficient (Wildman–Crippen LogP) is 4.22. The predicted molar refractivity (Wildman–Crippen MR) is 110 cm³/mol. The average Bonchev–Trinajstić information content (AvgIpc) is 3.62. The minimum absolute atomic E-state index is 0.0100. The third-order valence-corrected chi connectivity index (χ3v) is 6.79. The highest BCUT2D eigenvalue weighted by atomic mass is 16.7. The molecule has 0 N–H and O–H groups in total. The van der Waals surface area contributed by atoms with Crippen LogP contribution in [-0.4, -0.2) is 38.2 Å². The molecule has 1 atom stereocenters. The highest BCUT2D eigenvalue weighted by molar-refractivity contribution is 5.75. The number of rotatable bonds is 8. The van der Waals surface area contributed by atoms with Crippen LogP contribution in [0.1, 0.15) is 56.9 Å². The number of epoxide rings is 1. The summed E-state index contributed by atoms with van der Waals surface area (Å²) in [5.74, 6) is 1.85. The fraction of sp³-hybridized carbons (Fsp3) is 0.667. The van der Waals surface area contributed by atoms with Crippen molar-refractivity contribution in [3.63, 3.8) is 0 Å². The van der Waals surface area contributed by atoms with Crippen LogP contribution in [0.4, 0.5) is 0 Å². The number of ether oxygens (including phenoxy) is 4. The van der Waals surface area contributed by atoms with Gasteiger partial charge < -0.3 is 18.9 Å². The van der Waals surface area contributed by atoms with Crippen LogP contribution in [0.5, 0.6) is 5.75 Å². The topological polar surface area (TPSA) is 81.1 Å². The SMILES string of the molecule is N#Cc1ccc(OC(=O)C2CCC(C3CCC(OCOCC4CO4)CC3)CC2)cc1. The van der Waals surface area contributed by atoms with E-state index in [4.69, 9.17) is 24.2 Å². The van der Waals surface area contributed by atoms with Gasteiger partial charge in [0.2, 0.25) is 0 Å². The maximum absolute atomic E-state index is 12.5. The first-order valence-corrected chi connectivity index (χ1v) is 11.2. The molecule has 0 spiro atoms. The molecule has 3 aliphatic rings. The van der Waals surface area contributed by atoms with Gasteiger partial charge in [-0.2, -0.15) is 5.26 Å². The Balaban J connectivity index is 1.13. The maximum atomic E-state index is 12.5. The van der Waals surface area contributed by atoms with Crippen LogP contribution in [0, 0.1) is 29.1 Å². The Bertz CT molecular complexity index is 723. The van der Waals surface area contributed by atoms with Gasteiger partial charge in [0.1, 0.15) is 18.6 Å². The fourth-order valence-electron chi connectivity index (χ4n) is 4.84. The lowest BCUT2D eigenvalue weighted by molar-refractivity contribution is -0.140. The molecule has 1 aromatic rings. The molecule has 1 unspecified atom stereocenters. The van der Waals surface area contributed by atoms with Crippen LogP contribution in [0.2, 0.25) is 0 Å². The van der Waals surface area contributed by atoms with Crippen LogP contribution in [-0.2, 0) is 19.0 Å². The zero-order chi connectivity index (χ0) is 20.8. The molecule has 1 heterocycles. The summed E-state index contributed by atoms with van der Waals surface area (Å²) in [5, 5.41) is 8.86. The van der Waals surface area contributed by atoms with Gasteiger partial charge in [-0.15, -0.1) is 0 Å². The smallest absolute Gasteiger partial charge is 0.314 e. The number of nitriles is 1. The average molecular weight is 414 g/mol. The first kappa shape index (κ1) is 21.3. The highest BCUT2D eigenvalue weighted by Crippen LogP contribution is 2.40. The van der Waals surface area contributed by atoms with Crippen molar-refractivity contribution in [2.45, 2.75) is 63.6 Å². The van der Waals surface area contributed by atoms with Crippen molar-refractivity contribution in [1.29, 1.82) is 5.26 Å². The van der Waals surface area contributed by atoms with Gasteiger partial charge in [-0.3, -0.25) is 4.79 Å². The molecule has 0 bridgehead atoms. The van der Waals surface area contributed by atoms with Gasteiger partial charge >= 0.3 is 5.97 Å². The van der Waals surface area contributed by atoms with Crippen molar-refractivity contribution in [3.05, 3.63) is 29.8 Å². The lowest BCUT2D eigenvalue weighted by atomic mass is 9.70. The molecule has 0 amide bonds. The first-order valence-electron chi connectivity index (χ1n) is 11.2. The van der Waals surface area contributed by atoms with Crippen molar-refractivity contribution in [2.75, 3.05) is 20.0 Å². The van der Waals surface area contributed by atoms with E-state index in [0.717, 1.165) is 51.0 Å². The van der Waals surface area contributed by atoms with Gasteiger partial charge in [0, 0.05) is 0 Å². The Morgan fingerprint density at radius 3 is 2.23 bits per heavy atom. The summed E-state index contributed by atoms with van der Waals surface area (Å²) < 4.78 is 22.0. The van der Waals surface area contributed by atoms with Gasteiger partial charge in [-0.05, 0) is 87.5 Å². The van der Waals surface area contributed by atoms with Crippen LogP contribution >= 0.6 is 0 Å². The maximum Gasteiger partial charge on any atom is 0.314 e. The zero-order valence-corrected chi connectivity index (χ0v) is 17.5. The minimum Gasteiger partial charge on any atom is -0.426 e. The number of hydrogen-bond donors (Lipinski definition) is 0. The van der Waals surface area contributed by atoms with E-state index in [1.165, 1.54) is 12.8 Å². The second kappa shape index (κ2) is 10.4. The van der Waals surface area contributed by atoms with E-state index >= 15 is 0 Å². The van der Waals surface area contributed by atoms with Gasteiger partial charge in [0.05, 0.1) is 36.9 Å². The molecule has 2 aliphatic carbocycles. The van der Waals surface area contributed by atoms with Gasteiger partial charge in [-0.25, -0.2) is 0 Å². The summed E-state index contributed by atoms with van der Waals surface area (Å²) in [5.41, 5.74) is 0.566. The van der Waals surface area contributed by atoms with Crippen molar-refractivity contribution in [3.8, 4) is 11.8 Å². The fourth-order valence-corrected chi connectivity index (χ4v) is 4.84. The molecule has 30 heavy (non-hydrogen) atoms. The Hall–Kier alpha value is -1.94. The third-order valence-electron chi connectivity index (χ3n) is 6.79. The lowest BCUT2D eigenvalue weighted by Gasteiger charge is -2.37. The van der Waals surface area contributed by atoms with Crippen molar-refractivity contribution in [1.82, 2.24) is 0 Å². The van der Waals surface area contributed by atoms with E-state index < -0.39 is 0 Å². The molecule has 1 saturated heterocycles. The molecule has 3 fully saturated rings. The van der Waals surface area contributed by atoms with Crippen LogP contribution < -0.4 is 4.74 Å². The van der Waals surface area contributed by atoms with Crippen molar-refractivity contribution in [2.24, 2.45) is 17.8 Å². The molecule has 2 saturated carbocycles. The van der Waals surface area contributed by atoms with Crippen LogP contribution in [0.15, 0.2) is 24.3 Å². The normalized spacial score (nSPS) is 31.0. The molecule has 6 heteroatoms. The molecule has 1 aromatic carbocycles. The quantitative estimate of drug-likeness (QED) is 0.209. The summed E-state index contributed by atoms with van der Waals surface area (Å²) in [6.45, 7) is 1.84. The first-order chi connectivity index (χ1) is 14.7. The second-order valence-corrected chi connectivity index (χ2v) is 8.82. The van der Waals surface area contributed by atoms with E-state index in [-0.39, 0.29) is 11.9 Å². The Kier molecular flexibility index (Phi) is 7.37.